The number of thioether (sulfide) groups is 1. The highest BCUT2D eigenvalue weighted by Crippen LogP contribution is 2.28. The summed E-state index contributed by atoms with van der Waals surface area (Å²) in [6, 6.07) is 2.37. The predicted molar refractivity (Wildman–Crippen MR) is 85.7 cm³/mol. The number of hydrogen-bond acceptors (Lipinski definition) is 5. The number of aromatic nitrogens is 2. The lowest BCUT2D eigenvalue weighted by Crippen LogP contribution is -2.44. The van der Waals surface area contributed by atoms with E-state index in [1.165, 1.54) is 0 Å². The van der Waals surface area contributed by atoms with E-state index in [4.69, 9.17) is 16.3 Å². The Morgan fingerprint density at radius 2 is 2.20 bits per heavy atom. The molecule has 2 heterocycles. The van der Waals surface area contributed by atoms with Crippen molar-refractivity contribution < 1.29 is 4.74 Å². The molecule has 0 aliphatic carbocycles. The number of anilines is 1. The van der Waals surface area contributed by atoms with E-state index in [2.05, 4.69) is 42.6 Å². The molecule has 1 aromatic heterocycles. The molecule has 4 nitrogen and oxygen atoms in total. The van der Waals surface area contributed by atoms with E-state index in [1.54, 1.807) is 0 Å². The average Bonchev–Trinajstić information content (AvgIpc) is 2.35. The van der Waals surface area contributed by atoms with Crippen LogP contribution in [0.15, 0.2) is 6.07 Å². The summed E-state index contributed by atoms with van der Waals surface area (Å²) < 4.78 is 5.68. The third-order valence-electron chi connectivity index (χ3n) is 3.05. The van der Waals surface area contributed by atoms with E-state index < -0.39 is 0 Å². The molecule has 0 radical (unpaired) electrons. The zero-order chi connectivity index (χ0) is 14.8. The third kappa shape index (κ3) is 4.50. The van der Waals surface area contributed by atoms with Gasteiger partial charge in [-0.05, 0) is 18.5 Å². The zero-order valence-corrected chi connectivity index (χ0v) is 14.1. The van der Waals surface area contributed by atoms with Gasteiger partial charge in [0, 0.05) is 23.1 Å². The van der Waals surface area contributed by atoms with Crippen LogP contribution in [0.3, 0.4) is 0 Å². The summed E-state index contributed by atoms with van der Waals surface area (Å²) >= 11 is 7.94. The zero-order valence-electron chi connectivity index (χ0n) is 12.5. The second kappa shape index (κ2) is 6.50. The van der Waals surface area contributed by atoms with Gasteiger partial charge in [-0.2, -0.15) is 0 Å². The van der Waals surface area contributed by atoms with Crippen molar-refractivity contribution in [2.24, 2.45) is 0 Å². The molecule has 0 N–H and O–H groups in total. The van der Waals surface area contributed by atoms with Crippen LogP contribution in [0.4, 0.5) is 5.82 Å². The number of halogens is 1. The summed E-state index contributed by atoms with van der Waals surface area (Å²) in [5, 5.41) is 0.325. The summed E-state index contributed by atoms with van der Waals surface area (Å²) in [4.78, 5) is 10.9. The molecule has 0 aromatic carbocycles. The molecule has 1 atom stereocenters. The lowest BCUT2D eigenvalue weighted by molar-refractivity contribution is 0.0985. The monoisotopic (exact) mass is 315 g/mol. The van der Waals surface area contributed by atoms with E-state index in [0.717, 1.165) is 37.0 Å². The highest BCUT2D eigenvalue weighted by molar-refractivity contribution is 7.99. The summed E-state index contributed by atoms with van der Waals surface area (Å²) in [5.74, 6) is 1.75. The van der Waals surface area contributed by atoms with Gasteiger partial charge in [0.25, 0.3) is 0 Å². The normalized spacial score (nSPS) is 20.2. The fraction of sp³-hybridized carbons (Fsp3) is 0.714. The fourth-order valence-corrected chi connectivity index (χ4v) is 2.95. The molecule has 1 aliphatic heterocycles. The molecule has 1 saturated heterocycles. The SMILES string of the molecule is C[C@H]1COCCN1c1cc(CSC(C)(C)C)nc(Cl)n1. The van der Waals surface area contributed by atoms with Crippen LogP contribution in [0.25, 0.3) is 0 Å². The van der Waals surface area contributed by atoms with Crippen LogP contribution in [0.1, 0.15) is 33.4 Å². The molecule has 0 bridgehead atoms. The maximum Gasteiger partial charge on any atom is 0.224 e. The summed E-state index contributed by atoms with van der Waals surface area (Å²) in [7, 11) is 0. The van der Waals surface area contributed by atoms with Crippen LogP contribution in [0.5, 0.6) is 0 Å². The highest BCUT2D eigenvalue weighted by atomic mass is 35.5. The van der Waals surface area contributed by atoms with E-state index in [0.29, 0.717) is 11.3 Å². The molecule has 1 aromatic rings. The lowest BCUT2D eigenvalue weighted by Gasteiger charge is -2.34. The Morgan fingerprint density at radius 3 is 2.85 bits per heavy atom. The Morgan fingerprint density at radius 1 is 1.45 bits per heavy atom. The van der Waals surface area contributed by atoms with Crippen molar-refractivity contribution >= 4 is 29.2 Å². The molecule has 0 unspecified atom stereocenters. The molecular weight excluding hydrogens is 294 g/mol. The predicted octanol–water partition coefficient (Wildman–Crippen LogP) is 3.39. The van der Waals surface area contributed by atoms with Gasteiger partial charge in [0.2, 0.25) is 5.28 Å². The van der Waals surface area contributed by atoms with Crippen molar-refractivity contribution in [1.29, 1.82) is 0 Å². The van der Waals surface area contributed by atoms with Crippen molar-refractivity contribution in [3.8, 4) is 0 Å². The smallest absolute Gasteiger partial charge is 0.224 e. The van der Waals surface area contributed by atoms with Crippen LogP contribution < -0.4 is 4.90 Å². The van der Waals surface area contributed by atoms with Gasteiger partial charge in [-0.3, -0.25) is 0 Å². The van der Waals surface area contributed by atoms with Gasteiger partial charge in [0.05, 0.1) is 24.9 Å². The summed E-state index contributed by atoms with van der Waals surface area (Å²) in [5.41, 5.74) is 0.985. The van der Waals surface area contributed by atoms with Gasteiger partial charge < -0.3 is 9.64 Å². The maximum atomic E-state index is 6.08. The number of nitrogens with zero attached hydrogens (tertiary/aromatic N) is 3. The first kappa shape index (κ1) is 15.9. The molecule has 0 amide bonds. The average molecular weight is 316 g/mol. The molecule has 6 heteroatoms. The van der Waals surface area contributed by atoms with Gasteiger partial charge in [-0.15, -0.1) is 11.8 Å². The van der Waals surface area contributed by atoms with Gasteiger partial charge in [0.1, 0.15) is 5.82 Å². The van der Waals surface area contributed by atoms with E-state index >= 15 is 0 Å². The third-order valence-corrected chi connectivity index (χ3v) is 4.53. The second-order valence-electron chi connectivity index (χ2n) is 6.00. The van der Waals surface area contributed by atoms with E-state index in [-0.39, 0.29) is 4.75 Å². The second-order valence-corrected chi connectivity index (χ2v) is 8.15. The van der Waals surface area contributed by atoms with E-state index in [1.807, 2.05) is 17.8 Å². The maximum absolute atomic E-state index is 6.08. The van der Waals surface area contributed by atoms with E-state index in [9.17, 15) is 0 Å². The fourth-order valence-electron chi connectivity index (χ4n) is 2.03. The molecule has 112 valence electrons. The molecule has 1 aliphatic rings. The first-order valence-electron chi connectivity index (χ1n) is 6.87. The van der Waals surface area contributed by atoms with Crippen molar-refractivity contribution in [2.45, 2.75) is 44.2 Å². The Bertz CT molecular complexity index is 464. The molecular formula is C14H22ClN3OS. The minimum absolute atomic E-state index is 0.212. The van der Waals surface area contributed by atoms with Crippen molar-refractivity contribution in [2.75, 3.05) is 24.7 Å². The summed E-state index contributed by atoms with van der Waals surface area (Å²) in [6.45, 7) is 11.0. The minimum Gasteiger partial charge on any atom is -0.377 e. The minimum atomic E-state index is 0.212. The largest absolute Gasteiger partial charge is 0.377 e. The Kier molecular flexibility index (Phi) is 5.15. The van der Waals surface area contributed by atoms with Gasteiger partial charge in [-0.1, -0.05) is 20.8 Å². The Labute approximate surface area is 130 Å². The van der Waals surface area contributed by atoms with Crippen LogP contribution in [-0.2, 0) is 10.5 Å². The number of hydrogen-bond donors (Lipinski definition) is 0. The number of ether oxygens (including phenoxy) is 1. The first-order valence-corrected chi connectivity index (χ1v) is 8.23. The van der Waals surface area contributed by atoms with Gasteiger partial charge in [-0.25, -0.2) is 9.97 Å². The molecule has 1 fully saturated rings. The quantitative estimate of drug-likeness (QED) is 0.799. The number of morpholine rings is 1. The molecule has 0 saturated carbocycles. The topological polar surface area (TPSA) is 38.2 Å². The standard InChI is InChI=1S/C14H22ClN3OS/c1-10-8-19-6-5-18(10)12-7-11(16-13(15)17-12)9-20-14(2,3)4/h7,10H,5-6,8-9H2,1-4H3/t10-/m0/s1. The molecule has 0 spiro atoms. The first-order chi connectivity index (χ1) is 9.35. The Hall–Kier alpha value is -0.520. The van der Waals surface area contributed by atoms with Crippen LogP contribution in [0.2, 0.25) is 5.28 Å². The number of rotatable bonds is 3. The van der Waals surface area contributed by atoms with Crippen molar-refractivity contribution in [3.05, 3.63) is 17.0 Å². The lowest BCUT2D eigenvalue weighted by atomic mass is 10.2. The van der Waals surface area contributed by atoms with Gasteiger partial charge in [0.15, 0.2) is 0 Å². The van der Waals surface area contributed by atoms with Crippen LogP contribution >= 0.6 is 23.4 Å². The Balaban J connectivity index is 2.15. The van der Waals surface area contributed by atoms with Crippen LogP contribution in [0, 0.1) is 0 Å². The van der Waals surface area contributed by atoms with Gasteiger partial charge >= 0.3 is 0 Å². The summed E-state index contributed by atoms with van der Waals surface area (Å²) in [6.07, 6.45) is 0. The van der Waals surface area contributed by atoms with Crippen LogP contribution in [-0.4, -0.2) is 40.5 Å². The molecule has 20 heavy (non-hydrogen) atoms. The molecule has 2 rings (SSSR count). The highest BCUT2D eigenvalue weighted by Gasteiger charge is 2.21. The van der Waals surface area contributed by atoms with Crippen molar-refractivity contribution in [3.63, 3.8) is 0 Å². The van der Waals surface area contributed by atoms with Crippen molar-refractivity contribution in [1.82, 2.24) is 9.97 Å².